The lowest BCUT2D eigenvalue weighted by molar-refractivity contribution is 0.494. The van der Waals surface area contributed by atoms with Gasteiger partial charge in [0.25, 0.3) is 0 Å². The molecule has 31 rings (SSSR count). The van der Waals surface area contributed by atoms with Gasteiger partial charge in [-0.1, -0.05) is 242 Å². The molecule has 0 fully saturated rings. The third kappa shape index (κ3) is 10.8. The predicted molar refractivity (Wildman–Crippen MR) is 530 cm³/mol. The smallest absolute Gasteiger partial charge is 0.0816 e. The van der Waals surface area contributed by atoms with Crippen LogP contribution in [0.25, 0.3) is 174 Å². The van der Waals surface area contributed by atoms with Crippen LogP contribution in [0, 0.1) is 6.92 Å². The molecule has 0 bridgehead atoms. The molecule has 0 unspecified atom stereocenters. The molecule has 21 heterocycles. The van der Waals surface area contributed by atoms with E-state index < -0.39 is 0 Å². The van der Waals surface area contributed by atoms with E-state index in [1.165, 1.54) is 242 Å². The van der Waals surface area contributed by atoms with E-state index in [0.717, 1.165) is 63.3 Å². The van der Waals surface area contributed by atoms with Crippen LogP contribution in [-0.2, 0) is 74.0 Å². The summed E-state index contributed by atoms with van der Waals surface area (Å²) in [5, 5.41) is 22.7. The molecule has 9 heteroatoms. The molecule has 9 nitrogen and oxygen atoms in total. The lowest BCUT2D eigenvalue weighted by Gasteiger charge is -2.33. The highest BCUT2D eigenvalue weighted by atomic mass is 15.0. The van der Waals surface area contributed by atoms with Crippen molar-refractivity contribution in [2.24, 2.45) is 0 Å². The van der Waals surface area contributed by atoms with Crippen molar-refractivity contribution in [3.8, 4) is 11.1 Å². The zero-order valence-corrected chi connectivity index (χ0v) is 72.6. The third-order valence-electron chi connectivity index (χ3n) is 29.7. The Morgan fingerprint density at radius 1 is 0.244 bits per heavy atom. The zero-order chi connectivity index (χ0) is 84.6. The van der Waals surface area contributed by atoms with Crippen LogP contribution in [0.5, 0.6) is 0 Å². The molecule has 15 aromatic heterocycles. The lowest BCUT2D eigenvalue weighted by Crippen LogP contribution is -2.26. The van der Waals surface area contributed by atoms with E-state index in [1.807, 2.05) is 37.1 Å². The van der Waals surface area contributed by atoms with Crippen LogP contribution in [0.4, 0.5) is 0 Å². The highest BCUT2D eigenvalue weighted by Gasteiger charge is 2.36. The van der Waals surface area contributed by atoms with E-state index in [-0.39, 0.29) is 16.2 Å². The summed E-state index contributed by atoms with van der Waals surface area (Å²) in [4.78, 5) is 13.2. The van der Waals surface area contributed by atoms with E-state index in [9.17, 15) is 0 Å². The normalized spacial score (nSPS) is 15.0. The minimum Gasteiger partial charge on any atom is -0.313 e. The summed E-state index contributed by atoms with van der Waals surface area (Å²) in [6, 6.07) is 109. The predicted octanol–water partition coefficient (Wildman–Crippen LogP) is 28.4. The Kier molecular flexibility index (Phi) is 15.9. The average Bonchev–Trinajstić information content (AvgIpc) is 1.68. The monoisotopic (exact) mass is 1640 g/mol. The minimum absolute atomic E-state index is 0.136. The molecular weight excluding hydrogens is 1540 g/mol. The van der Waals surface area contributed by atoms with Crippen LogP contribution >= 0.6 is 0 Å². The molecule has 0 N–H and O–H groups in total. The quantitative estimate of drug-likeness (QED) is 0.154. The van der Waals surface area contributed by atoms with Crippen molar-refractivity contribution in [1.29, 1.82) is 0 Å². The molecule has 0 spiro atoms. The third-order valence-corrected chi connectivity index (χ3v) is 29.7. The Labute approximate surface area is 734 Å². The maximum atomic E-state index is 4.62. The molecule has 6 aliphatic rings. The van der Waals surface area contributed by atoms with E-state index in [1.54, 1.807) is 0 Å². The topological polar surface area (TPSA) is 65.1 Å². The van der Waals surface area contributed by atoms with Gasteiger partial charge in [0.05, 0.1) is 71.7 Å². The Morgan fingerprint density at radius 2 is 0.638 bits per heavy atom. The summed E-state index contributed by atoms with van der Waals surface area (Å²) in [6.07, 6.45) is 19.8. The maximum Gasteiger partial charge on any atom is 0.0816 e. The summed E-state index contributed by atoms with van der Waals surface area (Å²) in [7, 11) is 0. The Hall–Kier alpha value is -14.7. The molecule has 0 saturated carbocycles. The van der Waals surface area contributed by atoms with Crippen LogP contribution in [0.3, 0.4) is 0 Å². The number of aryl methyl sites for hydroxylation is 7. The van der Waals surface area contributed by atoms with Crippen molar-refractivity contribution in [2.75, 3.05) is 0 Å². The number of para-hydroxylation sites is 4. The van der Waals surface area contributed by atoms with Gasteiger partial charge in [0, 0.05) is 141 Å². The van der Waals surface area contributed by atoms with Gasteiger partial charge in [0.2, 0.25) is 0 Å². The van der Waals surface area contributed by atoms with E-state index in [0.29, 0.717) is 0 Å². The Morgan fingerprint density at radius 3 is 1.22 bits per heavy atom. The van der Waals surface area contributed by atoms with Gasteiger partial charge in [-0.15, -0.1) is 0 Å². The summed E-state index contributed by atoms with van der Waals surface area (Å²) >= 11 is 0. The van der Waals surface area contributed by atoms with Crippen LogP contribution in [-0.4, -0.2) is 41.4 Å². The Bertz CT molecular complexity index is 8680. The first-order valence-corrected chi connectivity index (χ1v) is 45.5. The summed E-state index contributed by atoms with van der Waals surface area (Å²) < 4.78 is 14.8. The van der Waals surface area contributed by atoms with Gasteiger partial charge < -0.3 is 26.4 Å². The number of pyridine rings is 9. The number of rotatable bonds is 1. The first-order chi connectivity index (χ1) is 62.2. The van der Waals surface area contributed by atoms with Gasteiger partial charge in [-0.3, -0.25) is 15.0 Å². The number of hydrogen-bond donors (Lipinski definition) is 0. The molecule has 6 aliphatic heterocycles. The molecule has 0 radical (unpaired) electrons. The maximum absolute atomic E-state index is 4.62. The number of hydrogen-bond acceptors (Lipinski definition) is 3. The zero-order valence-electron chi connectivity index (χ0n) is 72.6. The summed E-state index contributed by atoms with van der Waals surface area (Å²) in [6.45, 7) is 16.4. The van der Waals surface area contributed by atoms with Crippen LogP contribution in [0.15, 0.2) is 328 Å². The van der Waals surface area contributed by atoms with Crippen molar-refractivity contribution in [1.82, 2.24) is 41.4 Å². The molecule has 0 atom stereocenters. The van der Waals surface area contributed by atoms with E-state index in [4.69, 9.17) is 0 Å². The second-order valence-corrected chi connectivity index (χ2v) is 38.4. The lowest BCUT2D eigenvalue weighted by atomic mass is 9.76. The Balaban J connectivity index is 0.0000000812. The molecule has 0 amide bonds. The average molecular weight is 1640 g/mol. The van der Waals surface area contributed by atoms with E-state index in [2.05, 4.69) is 381 Å². The second-order valence-electron chi connectivity index (χ2n) is 38.4. The molecule has 127 heavy (non-hydrogen) atoms. The summed E-state index contributed by atoms with van der Waals surface area (Å²) in [5.74, 6) is 0. The fraction of sp³-hybridized carbons (Fsp3) is 0.161. The highest BCUT2D eigenvalue weighted by Crippen LogP contribution is 2.50. The van der Waals surface area contributed by atoms with Crippen molar-refractivity contribution >= 4 is 163 Å². The van der Waals surface area contributed by atoms with Crippen molar-refractivity contribution < 1.29 is 0 Å². The highest BCUT2D eigenvalue weighted by molar-refractivity contribution is 6.21. The number of benzene rings is 10. The first-order valence-electron chi connectivity index (χ1n) is 45.5. The molecule has 610 valence electrons. The molecular formula is C118H93N9. The fourth-order valence-corrected chi connectivity index (χ4v) is 24.1. The van der Waals surface area contributed by atoms with Crippen molar-refractivity contribution in [3.63, 3.8) is 0 Å². The first kappa shape index (κ1) is 73.8. The molecule has 0 saturated heterocycles. The van der Waals surface area contributed by atoms with Crippen molar-refractivity contribution in [3.05, 3.63) is 401 Å². The standard InChI is InChI=1S/C26H21N.C21H19N.C20H17N.3C17H12N2/c1-26(2)16-18-12-15-23-20-10-6-7-11-21(20)24-19(17-8-4-3-5-9-17)13-14-22(26)25(24)27(18)23;1-13-8-10-17-20-19(13)16-7-5-4-6-15(16)18-11-9-14(22(18)20)12-21(17,2)3;1-20(2)12-13-6-5-9-16-14-7-3-4-8-15(14)17-10-11-18(20)21(17)19(13)16;1-3-11-6-7-12-8-9-15-13-5-2-10-18-16(13)14(4-1)17(11)19(12)15;1-2-11-4-5-12-6-7-16-13-8-9-18-10-15(13)14(3-1)17(11)19(12)16;1-2-11-4-5-12-6-7-16-15-10-18-9-8-13(15)14(3-1)17(11)19(12)16/h3-15H,16H2,1-2H3;4-11H,12H2,1-3H3;3-11H,12H2,1-2H3;1-5,8-10H,6-7H2;2*1-3,6-10H,4-5H2. The van der Waals surface area contributed by atoms with Crippen LogP contribution in [0.1, 0.15) is 115 Å². The molecule has 10 aromatic carbocycles. The van der Waals surface area contributed by atoms with Gasteiger partial charge in [-0.2, -0.15) is 0 Å². The molecule has 0 aliphatic carbocycles. The summed E-state index contributed by atoms with van der Waals surface area (Å²) in [5.41, 5.74) is 39.2. The van der Waals surface area contributed by atoms with Crippen LogP contribution < -0.4 is 0 Å². The fourth-order valence-electron chi connectivity index (χ4n) is 24.1. The van der Waals surface area contributed by atoms with Gasteiger partial charge in [0.1, 0.15) is 0 Å². The van der Waals surface area contributed by atoms with Crippen LogP contribution in [0.2, 0.25) is 0 Å². The van der Waals surface area contributed by atoms with Crippen molar-refractivity contribution in [2.45, 2.75) is 122 Å². The molecule has 25 aromatic rings. The van der Waals surface area contributed by atoms with Gasteiger partial charge in [0.15, 0.2) is 0 Å². The number of fused-ring (bicyclic) bond motifs is 18. The van der Waals surface area contributed by atoms with E-state index >= 15 is 0 Å². The van der Waals surface area contributed by atoms with Gasteiger partial charge >= 0.3 is 0 Å². The van der Waals surface area contributed by atoms with Gasteiger partial charge in [-0.25, -0.2) is 0 Å². The largest absolute Gasteiger partial charge is 0.313 e. The number of aromatic nitrogens is 9. The minimum atomic E-state index is 0.136. The number of nitrogens with zero attached hydrogens (tertiary/aromatic N) is 9. The SMILES string of the molecule is CC1(C)Cc2ccc3c4ccccc4c4c(-c5ccccc5)ccc1c4n23.CC1(C)Cc2cccc3c4ccccc4c4ccc1n4c23.Cc1ccc2c3c1c1ccccc1c1ccc(n13)CC2(C)C.c1cc2c3c(c1)c1ccncc1c1ccc(n13)CC2.c1cc2c3c(c1)c1cnccc1c1ccc(n13)CC2.c1cnc2c(c1)c1ccc3n1c1c(cccc21)CC3. The second kappa shape index (κ2) is 27.4. The van der Waals surface area contributed by atoms with Gasteiger partial charge in [-0.05, 0) is 244 Å².